The van der Waals surface area contributed by atoms with Gasteiger partial charge in [-0.25, -0.2) is 9.00 Å². The van der Waals surface area contributed by atoms with Gasteiger partial charge >= 0.3 is 6.09 Å². The summed E-state index contributed by atoms with van der Waals surface area (Å²) in [4.78, 5) is 13.5. The van der Waals surface area contributed by atoms with E-state index in [-0.39, 0.29) is 25.0 Å². The molecule has 138 valence electrons. The largest absolute Gasteiger partial charge is 0.444 e. The molecule has 1 saturated heterocycles. The third-order valence-corrected chi connectivity index (χ3v) is 3.83. The lowest BCUT2D eigenvalue weighted by Crippen LogP contribution is -2.42. The zero-order chi connectivity index (χ0) is 17.1. The van der Waals surface area contributed by atoms with E-state index in [0.717, 1.165) is 6.26 Å². The first-order chi connectivity index (χ1) is 9.87. The van der Waals surface area contributed by atoms with Crippen LogP contribution in [0, 0.1) is 0 Å². The van der Waals surface area contributed by atoms with Crippen LogP contribution >= 0.6 is 0 Å². The van der Waals surface area contributed by atoms with E-state index in [1.54, 1.807) is 20.8 Å². The summed E-state index contributed by atoms with van der Waals surface area (Å²) in [6, 6.07) is -0.453. The van der Waals surface area contributed by atoms with E-state index < -0.39 is 45.0 Å². The fraction of sp³-hybridized carbons (Fsp3) is 0.917. The number of ether oxygens (including phenoxy) is 1. The van der Waals surface area contributed by atoms with Crippen molar-refractivity contribution in [2.75, 3.05) is 25.7 Å². The zero-order valence-electron chi connectivity index (χ0n) is 13.9. The summed E-state index contributed by atoms with van der Waals surface area (Å²) in [6.07, 6.45) is 1.35. The molecule has 9 nitrogen and oxygen atoms in total. The van der Waals surface area contributed by atoms with Gasteiger partial charge in [0, 0.05) is 6.26 Å². The van der Waals surface area contributed by atoms with Gasteiger partial charge in [0.05, 0.1) is 31.6 Å². The molecule has 0 aromatic rings. The average Bonchev–Trinajstić information content (AvgIpc) is 2.64. The van der Waals surface area contributed by atoms with Gasteiger partial charge in [0.25, 0.3) is 10.1 Å². The van der Waals surface area contributed by atoms with Crippen molar-refractivity contribution in [3.8, 4) is 0 Å². The van der Waals surface area contributed by atoms with Crippen molar-refractivity contribution >= 4 is 27.3 Å². The normalized spacial score (nSPS) is 23.3. The van der Waals surface area contributed by atoms with Crippen LogP contribution in [-0.4, -0.2) is 72.5 Å². The molecule has 1 amide bonds. The third-order valence-electron chi connectivity index (χ3n) is 2.74. The maximum atomic E-state index is 12.2. The summed E-state index contributed by atoms with van der Waals surface area (Å²) in [5.41, 5.74) is -0.675. The molecule has 0 aliphatic carbocycles. The van der Waals surface area contributed by atoms with Crippen LogP contribution in [0.4, 0.5) is 4.79 Å². The first-order valence-electron chi connectivity index (χ1n) is 6.72. The van der Waals surface area contributed by atoms with Gasteiger partial charge in [-0.15, -0.1) is 0 Å². The number of nitrogens with zero attached hydrogens (tertiary/aromatic N) is 1. The van der Waals surface area contributed by atoms with Gasteiger partial charge in [-0.05, 0) is 27.2 Å². The molecular weight excluding hydrogens is 350 g/mol. The average molecular weight is 375 g/mol. The minimum Gasteiger partial charge on any atom is -0.444 e. The van der Waals surface area contributed by atoms with Crippen molar-refractivity contribution < 1.29 is 36.0 Å². The molecule has 0 radical (unpaired) electrons. The van der Waals surface area contributed by atoms with E-state index in [2.05, 4.69) is 0 Å². The van der Waals surface area contributed by atoms with E-state index in [1.165, 1.54) is 11.2 Å². The van der Waals surface area contributed by atoms with Crippen LogP contribution in [0.3, 0.4) is 0 Å². The molecule has 1 fully saturated rings. The molecule has 1 rings (SSSR count). The molecule has 1 aliphatic rings. The Morgan fingerprint density at radius 3 is 2.35 bits per heavy atom. The van der Waals surface area contributed by atoms with Crippen molar-refractivity contribution in [3.05, 3.63) is 0 Å². The number of likely N-dealkylation sites (tertiary alicyclic amines) is 1. The number of hydrogen-bond donors (Lipinski definition) is 0. The van der Waals surface area contributed by atoms with E-state index in [9.17, 15) is 17.4 Å². The van der Waals surface area contributed by atoms with Gasteiger partial charge in [0.15, 0.2) is 11.1 Å². The van der Waals surface area contributed by atoms with Crippen molar-refractivity contribution in [3.63, 3.8) is 0 Å². The molecule has 0 spiro atoms. The van der Waals surface area contributed by atoms with Crippen LogP contribution in [0.2, 0.25) is 0 Å². The molecular formula is C12H25NO8S2. The molecule has 23 heavy (non-hydrogen) atoms. The van der Waals surface area contributed by atoms with Crippen LogP contribution in [0.15, 0.2) is 0 Å². The highest BCUT2D eigenvalue weighted by Gasteiger charge is 2.39. The second-order valence-electron chi connectivity index (χ2n) is 6.13. The zero-order valence-corrected chi connectivity index (χ0v) is 15.5. The SMILES string of the molecule is CS(=O)OC[C@@H]1C[C@@H](OS(C)(=O)=O)CN1C(=O)OC(C)(C)C.O. The second kappa shape index (κ2) is 8.38. The summed E-state index contributed by atoms with van der Waals surface area (Å²) in [7, 11) is -3.63. The van der Waals surface area contributed by atoms with E-state index in [4.69, 9.17) is 13.1 Å². The van der Waals surface area contributed by atoms with Crippen LogP contribution in [0.5, 0.6) is 0 Å². The summed E-state index contributed by atoms with van der Waals surface area (Å²) in [6.45, 7) is 5.30. The van der Waals surface area contributed by atoms with Crippen molar-refractivity contribution in [2.45, 2.75) is 44.9 Å². The number of amides is 1. The minimum absolute atomic E-state index is 0. The fourth-order valence-corrected chi connectivity index (χ4v) is 3.05. The van der Waals surface area contributed by atoms with Gasteiger partial charge in [-0.3, -0.25) is 8.37 Å². The van der Waals surface area contributed by atoms with E-state index >= 15 is 0 Å². The summed E-state index contributed by atoms with van der Waals surface area (Å²) < 4.78 is 48.8. The molecule has 2 N–H and O–H groups in total. The summed E-state index contributed by atoms with van der Waals surface area (Å²) in [5.74, 6) is 0. The van der Waals surface area contributed by atoms with Crippen molar-refractivity contribution in [1.82, 2.24) is 4.90 Å². The van der Waals surface area contributed by atoms with Crippen molar-refractivity contribution in [2.24, 2.45) is 0 Å². The second-order valence-corrected chi connectivity index (χ2v) is 8.77. The number of hydrogen-bond acceptors (Lipinski definition) is 7. The predicted molar refractivity (Wildman–Crippen MR) is 84.7 cm³/mol. The summed E-state index contributed by atoms with van der Waals surface area (Å²) in [5, 5.41) is 0. The van der Waals surface area contributed by atoms with Crippen LogP contribution in [0.25, 0.3) is 0 Å². The van der Waals surface area contributed by atoms with Gasteiger partial charge < -0.3 is 15.1 Å². The summed E-state index contributed by atoms with van der Waals surface area (Å²) >= 11 is -1.48. The standard InChI is InChI=1S/C12H23NO7S2.H2O/c1-12(2,3)19-11(14)13-7-10(20-22(5,16)17)6-9(13)8-18-21(4)15;/h9-10H,6-8H2,1-5H3;1H2/t9-,10+,21?;/m0./s1. The maximum Gasteiger partial charge on any atom is 0.410 e. The minimum atomic E-state index is -3.63. The third kappa shape index (κ3) is 8.61. The number of carbonyl (C=O) groups excluding carboxylic acids is 1. The van der Waals surface area contributed by atoms with Crippen LogP contribution in [0.1, 0.15) is 27.2 Å². The number of carbonyl (C=O) groups is 1. The van der Waals surface area contributed by atoms with Gasteiger partial charge in [-0.1, -0.05) is 0 Å². The topological polar surface area (TPSA) is 131 Å². The Labute approximate surface area is 139 Å². The highest BCUT2D eigenvalue weighted by Crippen LogP contribution is 2.24. The smallest absolute Gasteiger partial charge is 0.410 e. The van der Waals surface area contributed by atoms with Crippen LogP contribution in [-0.2, 0) is 34.3 Å². The predicted octanol–water partition coefficient (Wildman–Crippen LogP) is -0.174. The molecule has 0 aromatic carbocycles. The Morgan fingerprint density at radius 2 is 1.91 bits per heavy atom. The Hall–Kier alpha value is -0.750. The lowest BCUT2D eigenvalue weighted by atomic mass is 10.2. The molecule has 11 heteroatoms. The van der Waals surface area contributed by atoms with E-state index in [0.29, 0.717) is 0 Å². The molecule has 1 unspecified atom stereocenters. The molecule has 1 heterocycles. The first kappa shape index (κ1) is 22.2. The molecule has 1 aliphatic heterocycles. The number of rotatable bonds is 5. The Kier molecular flexibility index (Phi) is 8.10. The molecule has 3 atom stereocenters. The molecule has 0 saturated carbocycles. The van der Waals surface area contributed by atoms with E-state index in [1.807, 2.05) is 0 Å². The molecule has 0 aromatic heterocycles. The lowest BCUT2D eigenvalue weighted by molar-refractivity contribution is 0.0181. The van der Waals surface area contributed by atoms with Gasteiger partial charge in [0.2, 0.25) is 0 Å². The first-order valence-corrected chi connectivity index (χ1v) is 10.0. The highest BCUT2D eigenvalue weighted by molar-refractivity contribution is 7.86. The Morgan fingerprint density at radius 1 is 1.35 bits per heavy atom. The maximum absolute atomic E-state index is 12.2. The van der Waals surface area contributed by atoms with Crippen LogP contribution < -0.4 is 0 Å². The Bertz CT molecular complexity index is 528. The monoisotopic (exact) mass is 375 g/mol. The lowest BCUT2D eigenvalue weighted by Gasteiger charge is -2.28. The van der Waals surface area contributed by atoms with Gasteiger partial charge in [0.1, 0.15) is 5.60 Å². The highest BCUT2D eigenvalue weighted by atomic mass is 32.2. The quantitative estimate of drug-likeness (QED) is 0.609. The Balaban J connectivity index is 0.00000484. The van der Waals surface area contributed by atoms with Crippen molar-refractivity contribution in [1.29, 1.82) is 0 Å². The molecule has 0 bridgehead atoms. The van der Waals surface area contributed by atoms with Gasteiger partial charge in [-0.2, -0.15) is 8.42 Å². The fourth-order valence-electron chi connectivity index (χ4n) is 2.07.